The fourth-order valence-electron chi connectivity index (χ4n) is 3.18. The predicted octanol–water partition coefficient (Wildman–Crippen LogP) is 5.75. The third-order valence-corrected chi connectivity index (χ3v) is 4.63. The lowest BCUT2D eigenvalue weighted by Crippen LogP contribution is -2.28. The number of anilines is 1. The van der Waals surface area contributed by atoms with Crippen molar-refractivity contribution in [2.24, 2.45) is 5.92 Å². The molecule has 0 radical (unpaired) electrons. The molecule has 1 aromatic heterocycles. The predicted molar refractivity (Wildman–Crippen MR) is 112 cm³/mol. The molecule has 0 unspecified atom stereocenters. The largest absolute Gasteiger partial charge is 0.421 e. The summed E-state index contributed by atoms with van der Waals surface area (Å²) in [5, 5.41) is 0. The van der Waals surface area contributed by atoms with Crippen LogP contribution in [0.5, 0.6) is 0 Å². The van der Waals surface area contributed by atoms with Crippen LogP contribution >= 0.6 is 0 Å². The van der Waals surface area contributed by atoms with Crippen LogP contribution in [-0.4, -0.2) is 6.54 Å². The van der Waals surface area contributed by atoms with Crippen molar-refractivity contribution in [3.05, 3.63) is 88.8 Å². The third-order valence-electron chi connectivity index (χ3n) is 4.63. The van der Waals surface area contributed by atoms with Crippen molar-refractivity contribution in [1.29, 1.82) is 0 Å². The maximum atomic E-state index is 12.7. The van der Waals surface area contributed by atoms with Gasteiger partial charge < -0.3 is 9.32 Å². The average Bonchev–Trinajstić information content (AvgIpc) is 2.68. The van der Waals surface area contributed by atoms with E-state index in [0.29, 0.717) is 23.9 Å². The monoisotopic (exact) mass is 361 g/mol. The van der Waals surface area contributed by atoms with Crippen molar-refractivity contribution >= 4 is 5.69 Å². The Hall–Kier alpha value is -2.81. The number of hydrogen-bond donors (Lipinski definition) is 0. The van der Waals surface area contributed by atoms with Gasteiger partial charge in [-0.1, -0.05) is 74.5 Å². The maximum Gasteiger partial charge on any atom is 0.360 e. The van der Waals surface area contributed by atoms with Gasteiger partial charge in [-0.25, -0.2) is 4.79 Å². The Morgan fingerprint density at radius 2 is 1.56 bits per heavy atom. The Balaban J connectivity index is 1.85. The summed E-state index contributed by atoms with van der Waals surface area (Å²) in [7, 11) is 0. The zero-order valence-electron chi connectivity index (χ0n) is 16.1. The lowest BCUT2D eigenvalue weighted by molar-refractivity contribution is 0.515. The van der Waals surface area contributed by atoms with Gasteiger partial charge in [-0.15, -0.1) is 0 Å². The Kier molecular flexibility index (Phi) is 6.48. The van der Waals surface area contributed by atoms with E-state index < -0.39 is 0 Å². The summed E-state index contributed by atoms with van der Waals surface area (Å²) in [4.78, 5) is 14.9. The van der Waals surface area contributed by atoms with E-state index in [9.17, 15) is 4.79 Å². The molecule has 1 heterocycles. The van der Waals surface area contributed by atoms with E-state index in [1.165, 1.54) is 5.56 Å². The lowest BCUT2D eigenvalue weighted by atomic mass is 10.1. The molecule has 3 rings (SSSR count). The van der Waals surface area contributed by atoms with Crippen molar-refractivity contribution in [2.75, 3.05) is 11.4 Å². The molecule has 0 fully saturated rings. The Morgan fingerprint density at radius 1 is 0.889 bits per heavy atom. The molecule has 0 saturated carbocycles. The van der Waals surface area contributed by atoms with Crippen LogP contribution in [0.2, 0.25) is 0 Å². The highest BCUT2D eigenvalue weighted by Gasteiger charge is 2.14. The molecule has 0 atom stereocenters. The summed E-state index contributed by atoms with van der Waals surface area (Å²) < 4.78 is 5.64. The minimum atomic E-state index is -0.281. The van der Waals surface area contributed by atoms with E-state index >= 15 is 0 Å². The van der Waals surface area contributed by atoms with E-state index in [-0.39, 0.29) is 5.63 Å². The molecule has 0 amide bonds. The Labute approximate surface area is 161 Å². The highest BCUT2D eigenvalue weighted by Crippen LogP contribution is 2.21. The van der Waals surface area contributed by atoms with Crippen LogP contribution in [0.15, 0.2) is 82.0 Å². The standard InChI is InChI=1S/C24H27NO2/c1-19(2)10-9-17-25(18-20-11-5-3-6-12-20)22-15-16-23(27-24(22)26)21-13-7-4-8-14-21/h3-8,11-16,19H,9-10,17-18H2,1-2H3. The number of benzene rings is 2. The number of hydrogen-bond acceptors (Lipinski definition) is 3. The van der Waals surface area contributed by atoms with Crippen LogP contribution in [0.25, 0.3) is 11.3 Å². The number of rotatable bonds is 8. The molecule has 0 N–H and O–H groups in total. The third kappa shape index (κ3) is 5.33. The van der Waals surface area contributed by atoms with Gasteiger partial charge >= 0.3 is 5.63 Å². The normalized spacial score (nSPS) is 10.9. The van der Waals surface area contributed by atoms with E-state index in [4.69, 9.17) is 4.42 Å². The first-order valence-corrected chi connectivity index (χ1v) is 9.62. The van der Waals surface area contributed by atoms with Gasteiger partial charge in [0.1, 0.15) is 11.4 Å². The van der Waals surface area contributed by atoms with Crippen LogP contribution in [0, 0.1) is 5.92 Å². The summed E-state index contributed by atoms with van der Waals surface area (Å²) in [5.41, 5.74) is 2.45. The van der Waals surface area contributed by atoms with E-state index in [2.05, 4.69) is 30.9 Å². The molecule has 27 heavy (non-hydrogen) atoms. The Morgan fingerprint density at radius 3 is 2.19 bits per heavy atom. The highest BCUT2D eigenvalue weighted by atomic mass is 16.4. The second-order valence-electron chi connectivity index (χ2n) is 7.28. The van der Waals surface area contributed by atoms with Gasteiger partial charge in [-0.3, -0.25) is 0 Å². The lowest BCUT2D eigenvalue weighted by Gasteiger charge is -2.24. The topological polar surface area (TPSA) is 33.5 Å². The minimum absolute atomic E-state index is 0.281. The van der Waals surface area contributed by atoms with Gasteiger partial charge in [-0.05, 0) is 36.5 Å². The van der Waals surface area contributed by atoms with Gasteiger partial charge in [0.05, 0.1) is 0 Å². The van der Waals surface area contributed by atoms with Gasteiger partial charge in [-0.2, -0.15) is 0 Å². The molecule has 140 valence electrons. The highest BCUT2D eigenvalue weighted by molar-refractivity contribution is 5.59. The van der Waals surface area contributed by atoms with Gasteiger partial charge in [0.15, 0.2) is 0 Å². The smallest absolute Gasteiger partial charge is 0.360 e. The maximum absolute atomic E-state index is 12.7. The second-order valence-corrected chi connectivity index (χ2v) is 7.28. The first kappa shape index (κ1) is 19.0. The minimum Gasteiger partial charge on any atom is -0.421 e. The van der Waals surface area contributed by atoms with E-state index in [0.717, 1.165) is 24.9 Å². The fraction of sp³-hybridized carbons (Fsp3) is 0.292. The molecule has 0 saturated heterocycles. The van der Waals surface area contributed by atoms with Crippen molar-refractivity contribution in [3.63, 3.8) is 0 Å². The molecular weight excluding hydrogens is 334 g/mol. The SMILES string of the molecule is CC(C)CCCN(Cc1ccccc1)c1ccc(-c2ccccc2)oc1=O. The quantitative estimate of drug-likeness (QED) is 0.512. The summed E-state index contributed by atoms with van der Waals surface area (Å²) in [6.07, 6.45) is 2.18. The molecule has 0 spiro atoms. The van der Waals surface area contributed by atoms with Crippen LogP contribution in [0.1, 0.15) is 32.3 Å². The first-order chi connectivity index (χ1) is 13.1. The molecule has 0 bridgehead atoms. The fourth-order valence-corrected chi connectivity index (χ4v) is 3.18. The van der Waals surface area contributed by atoms with Crippen LogP contribution in [-0.2, 0) is 6.54 Å². The van der Waals surface area contributed by atoms with Gasteiger partial charge in [0.2, 0.25) is 0 Å². The molecular formula is C24H27NO2. The van der Waals surface area contributed by atoms with Gasteiger partial charge in [0.25, 0.3) is 0 Å². The van der Waals surface area contributed by atoms with E-state index in [1.807, 2.05) is 60.7 Å². The van der Waals surface area contributed by atoms with Crippen molar-refractivity contribution in [2.45, 2.75) is 33.2 Å². The summed E-state index contributed by atoms with van der Waals surface area (Å²) in [5.74, 6) is 1.26. The van der Waals surface area contributed by atoms with Crippen LogP contribution in [0.4, 0.5) is 5.69 Å². The first-order valence-electron chi connectivity index (χ1n) is 9.62. The van der Waals surface area contributed by atoms with Crippen molar-refractivity contribution in [1.82, 2.24) is 0 Å². The molecule has 3 aromatic rings. The molecule has 3 heteroatoms. The van der Waals surface area contributed by atoms with E-state index in [1.54, 1.807) is 0 Å². The summed E-state index contributed by atoms with van der Waals surface area (Å²) >= 11 is 0. The molecule has 0 aliphatic heterocycles. The molecule has 2 aromatic carbocycles. The van der Waals surface area contributed by atoms with Gasteiger partial charge in [0, 0.05) is 18.7 Å². The summed E-state index contributed by atoms with van der Waals surface area (Å²) in [6, 6.07) is 23.8. The Bertz CT molecular complexity index is 885. The molecule has 0 aliphatic rings. The molecule has 3 nitrogen and oxygen atoms in total. The van der Waals surface area contributed by atoms with Crippen molar-refractivity contribution < 1.29 is 4.42 Å². The van der Waals surface area contributed by atoms with Crippen molar-refractivity contribution in [3.8, 4) is 11.3 Å². The zero-order valence-corrected chi connectivity index (χ0v) is 16.1. The summed E-state index contributed by atoms with van der Waals surface area (Å²) in [6.45, 7) is 5.99. The zero-order chi connectivity index (χ0) is 19.1. The van der Waals surface area contributed by atoms with Crippen LogP contribution in [0.3, 0.4) is 0 Å². The second kappa shape index (κ2) is 9.22. The average molecular weight is 361 g/mol. The molecule has 0 aliphatic carbocycles. The van der Waals surface area contributed by atoms with Crippen LogP contribution < -0.4 is 10.5 Å². The number of nitrogens with zero attached hydrogens (tertiary/aromatic N) is 1.